The minimum Gasteiger partial charge on any atom is -0.339 e. The fourth-order valence-electron chi connectivity index (χ4n) is 3.33. The van der Waals surface area contributed by atoms with Gasteiger partial charge < -0.3 is 10.2 Å². The van der Waals surface area contributed by atoms with Crippen molar-refractivity contribution in [2.45, 2.75) is 44.2 Å². The van der Waals surface area contributed by atoms with Crippen LogP contribution in [0.15, 0.2) is 24.3 Å². The van der Waals surface area contributed by atoms with Crippen molar-refractivity contribution in [1.82, 2.24) is 10.2 Å². The molecule has 108 valence electrons. The number of amides is 1. The lowest BCUT2D eigenvalue weighted by Crippen LogP contribution is -2.57. The molecular weight excluding hydrogens is 255 g/mol. The molecule has 1 amide bonds. The van der Waals surface area contributed by atoms with Crippen LogP contribution in [0.1, 0.15) is 32.3 Å². The van der Waals surface area contributed by atoms with Crippen LogP contribution in [0.5, 0.6) is 0 Å². The molecule has 1 aliphatic heterocycles. The quantitative estimate of drug-likeness (QED) is 0.897. The van der Waals surface area contributed by atoms with E-state index in [2.05, 4.69) is 19.2 Å². The molecule has 1 aromatic rings. The van der Waals surface area contributed by atoms with Crippen LogP contribution in [0, 0.1) is 5.82 Å². The van der Waals surface area contributed by atoms with Gasteiger partial charge in [0.25, 0.3) is 0 Å². The largest absolute Gasteiger partial charge is 0.339 e. The van der Waals surface area contributed by atoms with Crippen molar-refractivity contribution in [3.05, 3.63) is 35.6 Å². The Labute approximate surface area is 119 Å². The summed E-state index contributed by atoms with van der Waals surface area (Å²) in [5, 5.41) is 3.43. The molecule has 4 heteroatoms. The highest BCUT2D eigenvalue weighted by molar-refractivity contribution is 5.91. The second-order valence-corrected chi connectivity index (χ2v) is 6.27. The monoisotopic (exact) mass is 276 g/mol. The second-order valence-electron chi connectivity index (χ2n) is 6.27. The van der Waals surface area contributed by atoms with Crippen molar-refractivity contribution in [2.24, 2.45) is 0 Å². The van der Waals surface area contributed by atoms with E-state index in [4.69, 9.17) is 0 Å². The molecule has 2 aliphatic rings. The molecule has 1 heterocycles. The lowest BCUT2D eigenvalue weighted by molar-refractivity contribution is -0.135. The first-order valence-electron chi connectivity index (χ1n) is 7.33. The Morgan fingerprint density at radius 1 is 1.30 bits per heavy atom. The number of hydrogen-bond acceptors (Lipinski definition) is 2. The molecule has 2 fully saturated rings. The van der Waals surface area contributed by atoms with Crippen molar-refractivity contribution >= 4 is 5.91 Å². The number of carbonyl (C=O) groups is 1. The Morgan fingerprint density at radius 2 is 1.95 bits per heavy atom. The summed E-state index contributed by atoms with van der Waals surface area (Å²) in [6.07, 6.45) is 1.67. The van der Waals surface area contributed by atoms with Crippen LogP contribution in [0.4, 0.5) is 4.39 Å². The number of piperazine rings is 1. The van der Waals surface area contributed by atoms with Gasteiger partial charge in [0.15, 0.2) is 0 Å². The highest BCUT2D eigenvalue weighted by Crippen LogP contribution is 2.49. The van der Waals surface area contributed by atoms with Gasteiger partial charge in [-0.05, 0) is 44.4 Å². The highest BCUT2D eigenvalue weighted by atomic mass is 19.1. The van der Waals surface area contributed by atoms with Gasteiger partial charge in [-0.3, -0.25) is 4.79 Å². The summed E-state index contributed by atoms with van der Waals surface area (Å²) in [6, 6.07) is 7.14. The van der Waals surface area contributed by atoms with Gasteiger partial charge >= 0.3 is 0 Å². The summed E-state index contributed by atoms with van der Waals surface area (Å²) < 4.78 is 13.4. The summed E-state index contributed by atoms with van der Waals surface area (Å²) in [7, 11) is 0. The van der Waals surface area contributed by atoms with Crippen LogP contribution in [0.3, 0.4) is 0 Å². The maximum Gasteiger partial charge on any atom is 0.233 e. The van der Waals surface area contributed by atoms with Crippen LogP contribution in [-0.4, -0.2) is 36.0 Å². The van der Waals surface area contributed by atoms with E-state index in [0.717, 1.165) is 31.5 Å². The van der Waals surface area contributed by atoms with Crippen molar-refractivity contribution in [1.29, 1.82) is 0 Å². The lowest BCUT2D eigenvalue weighted by atomic mass is 9.93. The molecule has 0 radical (unpaired) electrons. The second kappa shape index (κ2) is 4.85. The van der Waals surface area contributed by atoms with E-state index in [9.17, 15) is 9.18 Å². The van der Waals surface area contributed by atoms with E-state index >= 15 is 0 Å². The average Bonchev–Trinajstić information content (AvgIpc) is 3.18. The molecule has 1 aromatic carbocycles. The molecule has 3 nitrogen and oxygen atoms in total. The van der Waals surface area contributed by atoms with E-state index in [1.54, 1.807) is 6.07 Å². The molecule has 2 atom stereocenters. The fraction of sp³-hybridized carbons (Fsp3) is 0.562. The van der Waals surface area contributed by atoms with E-state index < -0.39 is 5.41 Å². The number of benzene rings is 1. The molecular formula is C16H21FN2O. The molecule has 3 rings (SSSR count). The van der Waals surface area contributed by atoms with Crippen LogP contribution in [-0.2, 0) is 10.2 Å². The van der Waals surface area contributed by atoms with Gasteiger partial charge in [-0.25, -0.2) is 4.39 Å². The Balaban J connectivity index is 1.83. The number of nitrogens with one attached hydrogen (secondary N) is 1. The van der Waals surface area contributed by atoms with Gasteiger partial charge in [-0.2, -0.15) is 0 Å². The number of halogens is 1. The zero-order valence-corrected chi connectivity index (χ0v) is 12.0. The first-order chi connectivity index (χ1) is 9.51. The van der Waals surface area contributed by atoms with Crippen LogP contribution < -0.4 is 5.32 Å². The maximum atomic E-state index is 13.4. The van der Waals surface area contributed by atoms with Crippen LogP contribution in [0.2, 0.25) is 0 Å². The summed E-state index contributed by atoms with van der Waals surface area (Å²) in [5.41, 5.74) is 0.375. The van der Waals surface area contributed by atoms with Gasteiger partial charge in [0.05, 0.1) is 5.41 Å². The zero-order valence-electron chi connectivity index (χ0n) is 12.0. The summed E-state index contributed by atoms with van der Waals surface area (Å²) in [6.45, 7) is 5.66. The third-order valence-corrected chi connectivity index (χ3v) is 4.38. The lowest BCUT2D eigenvalue weighted by Gasteiger charge is -2.38. The molecule has 1 aliphatic carbocycles. The van der Waals surface area contributed by atoms with Crippen molar-refractivity contribution in [2.75, 3.05) is 13.1 Å². The Kier molecular flexibility index (Phi) is 3.28. The SMILES string of the molecule is C[C@@H]1CN(C(=O)C2(c3cccc(F)c3)CC2)C[C@@H](C)N1. The first kappa shape index (κ1) is 13.6. The molecule has 1 saturated heterocycles. The van der Waals surface area contributed by atoms with E-state index in [1.807, 2.05) is 11.0 Å². The Bertz CT molecular complexity index is 517. The van der Waals surface area contributed by atoms with Crippen LogP contribution in [0.25, 0.3) is 0 Å². The van der Waals surface area contributed by atoms with Crippen molar-refractivity contribution in [3.8, 4) is 0 Å². The van der Waals surface area contributed by atoms with Gasteiger partial charge in [-0.1, -0.05) is 12.1 Å². The average molecular weight is 276 g/mol. The third kappa shape index (κ3) is 2.33. The summed E-state index contributed by atoms with van der Waals surface area (Å²) >= 11 is 0. The normalized spacial score (nSPS) is 28.2. The zero-order chi connectivity index (χ0) is 14.3. The van der Waals surface area contributed by atoms with Crippen molar-refractivity contribution in [3.63, 3.8) is 0 Å². The van der Waals surface area contributed by atoms with E-state index in [-0.39, 0.29) is 11.7 Å². The molecule has 0 bridgehead atoms. The Morgan fingerprint density at radius 3 is 2.50 bits per heavy atom. The summed E-state index contributed by atoms with van der Waals surface area (Å²) in [5.74, 6) is -0.0908. The fourth-order valence-corrected chi connectivity index (χ4v) is 3.33. The van der Waals surface area contributed by atoms with E-state index in [0.29, 0.717) is 12.1 Å². The molecule has 0 spiro atoms. The standard InChI is InChI=1S/C16H21FN2O/c1-11-9-19(10-12(2)18-11)15(20)16(6-7-16)13-4-3-5-14(17)8-13/h3-5,8,11-12,18H,6-7,9-10H2,1-2H3/t11-,12-/m1/s1. The molecule has 1 N–H and O–H groups in total. The van der Waals surface area contributed by atoms with Gasteiger partial charge in [-0.15, -0.1) is 0 Å². The molecule has 1 saturated carbocycles. The first-order valence-corrected chi connectivity index (χ1v) is 7.33. The minimum atomic E-state index is -0.459. The summed E-state index contributed by atoms with van der Waals surface area (Å²) in [4.78, 5) is 14.8. The molecule has 0 aromatic heterocycles. The number of carbonyl (C=O) groups excluding carboxylic acids is 1. The van der Waals surface area contributed by atoms with Gasteiger partial charge in [0.2, 0.25) is 5.91 Å². The minimum absolute atomic E-state index is 0.170. The maximum absolute atomic E-state index is 13.4. The van der Waals surface area contributed by atoms with Gasteiger partial charge in [0.1, 0.15) is 5.82 Å². The predicted octanol–water partition coefficient (Wildman–Crippen LogP) is 2.07. The topological polar surface area (TPSA) is 32.3 Å². The van der Waals surface area contributed by atoms with Crippen molar-refractivity contribution < 1.29 is 9.18 Å². The predicted molar refractivity (Wildman–Crippen MR) is 76.0 cm³/mol. The number of hydrogen-bond donors (Lipinski definition) is 1. The Hall–Kier alpha value is -1.42. The molecule has 0 unspecified atom stereocenters. The van der Waals surface area contributed by atoms with E-state index in [1.165, 1.54) is 12.1 Å². The third-order valence-electron chi connectivity index (χ3n) is 4.38. The smallest absolute Gasteiger partial charge is 0.233 e. The van der Waals surface area contributed by atoms with Crippen LogP contribution >= 0.6 is 0 Å². The molecule has 20 heavy (non-hydrogen) atoms. The number of rotatable bonds is 2. The highest BCUT2D eigenvalue weighted by Gasteiger charge is 2.53. The number of nitrogens with zero attached hydrogens (tertiary/aromatic N) is 1. The van der Waals surface area contributed by atoms with Gasteiger partial charge in [0, 0.05) is 25.2 Å².